The maximum atomic E-state index is 8.88. The number of hydrogen-bond donors (Lipinski definition) is 3. The molecule has 60 valence electrons. The molecule has 0 rings (SSSR count). The second-order valence-electron chi connectivity index (χ2n) is 2.25. The molecule has 0 unspecified atom stereocenters. The monoisotopic (exact) mass is 180 g/mol. The molecule has 0 spiro atoms. The van der Waals surface area contributed by atoms with Crippen molar-refractivity contribution < 1.29 is 39.5 Å². The summed E-state index contributed by atoms with van der Waals surface area (Å²) in [6, 6.07) is 0. The molecule has 0 fully saturated rings. The molecule has 10 heavy (non-hydrogen) atoms. The van der Waals surface area contributed by atoms with E-state index in [0.717, 1.165) is 0 Å². The van der Waals surface area contributed by atoms with Crippen molar-refractivity contribution in [3.8, 4) is 0 Å². The first kappa shape index (κ1) is 17.1. The van der Waals surface area contributed by atoms with Crippen molar-refractivity contribution >= 4 is 16.6 Å². The molecular weight excluding hydrogens is 166 g/mol. The smallest absolute Gasteiger partial charge is 1.00 e. The fourth-order valence-corrected chi connectivity index (χ4v) is 0. The van der Waals surface area contributed by atoms with Crippen molar-refractivity contribution in [1.82, 2.24) is 0 Å². The van der Waals surface area contributed by atoms with E-state index in [-0.39, 0.29) is 29.1 Å². The van der Waals surface area contributed by atoms with Crippen LogP contribution in [0.4, 0.5) is 0 Å². The van der Waals surface area contributed by atoms with Gasteiger partial charge in [-0.05, 0) is 0 Å². The van der Waals surface area contributed by atoms with Gasteiger partial charge in [-0.1, -0.05) is 19.6 Å². The van der Waals surface area contributed by atoms with Gasteiger partial charge in [0.25, 0.3) is 0 Å². The minimum absolute atomic E-state index is 0. The van der Waals surface area contributed by atoms with Crippen LogP contribution in [-0.4, -0.2) is 23.5 Å². The quantitative estimate of drug-likeness (QED) is 0.280. The molecule has 0 aliphatic rings. The van der Waals surface area contributed by atoms with Crippen molar-refractivity contribution in [1.29, 1.82) is 0 Å². The van der Waals surface area contributed by atoms with Crippen LogP contribution in [0.1, 0.15) is 1.43 Å². The first-order valence-electron chi connectivity index (χ1n) is 2.51. The van der Waals surface area contributed by atoms with E-state index in [1.54, 1.807) is 0 Å². The van der Waals surface area contributed by atoms with E-state index in [4.69, 9.17) is 19.2 Å². The van der Waals surface area contributed by atoms with Gasteiger partial charge in [0, 0.05) is 8.80 Å². The Morgan fingerprint density at radius 3 is 1.20 bits per heavy atom. The summed E-state index contributed by atoms with van der Waals surface area (Å²) in [5.74, 6) is 0. The molecule has 0 aliphatic carbocycles. The van der Waals surface area contributed by atoms with Gasteiger partial charge in [-0.2, -0.15) is 0 Å². The summed E-state index contributed by atoms with van der Waals surface area (Å²) in [4.78, 5) is 21.6. The van der Waals surface area contributed by atoms with E-state index in [1.165, 1.54) is 0 Å². The third-order valence-corrected chi connectivity index (χ3v) is 0. The Balaban J connectivity index is -0.0000000383. The standard InChI is InChI=1S/C3H10Si.Li.H3O4P.H/c1-4(2)3;;1-5(2,3)4;/h4H,1-3H3;;(H3,1,2,3,4);/q;+1;;-1. The van der Waals surface area contributed by atoms with Gasteiger partial charge in [-0.25, -0.2) is 4.57 Å². The number of hydrogen-bond acceptors (Lipinski definition) is 1. The van der Waals surface area contributed by atoms with E-state index in [1.807, 2.05) is 0 Å². The van der Waals surface area contributed by atoms with Crippen LogP contribution in [0.2, 0.25) is 19.6 Å². The second-order valence-corrected chi connectivity index (χ2v) is 6.74. The van der Waals surface area contributed by atoms with Gasteiger partial charge in [0.15, 0.2) is 0 Å². The van der Waals surface area contributed by atoms with Gasteiger partial charge in [0.2, 0.25) is 0 Å². The van der Waals surface area contributed by atoms with E-state index < -0.39 is 7.82 Å². The van der Waals surface area contributed by atoms with Crippen molar-refractivity contribution in [3.05, 3.63) is 0 Å². The Labute approximate surface area is 76.2 Å². The Morgan fingerprint density at radius 2 is 1.20 bits per heavy atom. The summed E-state index contributed by atoms with van der Waals surface area (Å²) in [7, 11) is -4.78. The van der Waals surface area contributed by atoms with Crippen LogP contribution in [0.15, 0.2) is 0 Å². The molecule has 0 radical (unpaired) electrons. The molecule has 7 heteroatoms. The average Bonchev–Trinajstić information content (AvgIpc) is 1.19. The Hall–Kier alpha value is 0.924. The van der Waals surface area contributed by atoms with Gasteiger partial charge in [-0.3, -0.25) is 0 Å². The summed E-state index contributed by atoms with van der Waals surface area (Å²) >= 11 is 0. The zero-order valence-corrected chi connectivity index (χ0v) is 8.82. The van der Waals surface area contributed by atoms with E-state index in [9.17, 15) is 0 Å². The van der Waals surface area contributed by atoms with Gasteiger partial charge in [0.1, 0.15) is 0 Å². The maximum absolute atomic E-state index is 8.88. The molecular formula is C3H14LiO4PSi. The SMILES string of the molecule is C[SiH](C)C.O=P(O)(O)O.[H-].[Li+]. The van der Waals surface area contributed by atoms with Crippen LogP contribution in [0.3, 0.4) is 0 Å². The van der Waals surface area contributed by atoms with Gasteiger partial charge < -0.3 is 16.1 Å². The minimum atomic E-state index is -4.64. The number of rotatable bonds is 0. The molecule has 0 bridgehead atoms. The summed E-state index contributed by atoms with van der Waals surface area (Å²) < 4.78 is 8.88. The molecule has 0 saturated heterocycles. The fraction of sp³-hybridized carbons (Fsp3) is 1.00. The third-order valence-electron chi connectivity index (χ3n) is 0. The van der Waals surface area contributed by atoms with Crippen LogP contribution >= 0.6 is 7.82 Å². The molecule has 0 saturated carbocycles. The minimum Gasteiger partial charge on any atom is -1.00 e. The Morgan fingerprint density at radius 1 is 1.20 bits per heavy atom. The van der Waals surface area contributed by atoms with E-state index in [2.05, 4.69) is 19.6 Å². The third kappa shape index (κ3) is 656. The predicted octanol–water partition coefficient (Wildman–Crippen LogP) is -2.71. The molecule has 0 aromatic heterocycles. The van der Waals surface area contributed by atoms with Crippen molar-refractivity contribution in [2.45, 2.75) is 19.6 Å². The van der Waals surface area contributed by atoms with Gasteiger partial charge in [0.05, 0.1) is 0 Å². The van der Waals surface area contributed by atoms with Crippen molar-refractivity contribution in [3.63, 3.8) is 0 Å². The van der Waals surface area contributed by atoms with E-state index in [0.29, 0.717) is 0 Å². The van der Waals surface area contributed by atoms with Crippen LogP contribution < -0.4 is 18.9 Å². The summed E-state index contributed by atoms with van der Waals surface area (Å²) in [5.41, 5.74) is 0. The second kappa shape index (κ2) is 8.03. The van der Waals surface area contributed by atoms with Gasteiger partial charge in [-0.15, -0.1) is 0 Å². The molecule has 0 atom stereocenters. The molecule has 0 aliphatic heterocycles. The molecule has 3 N–H and O–H groups in total. The molecule has 4 nitrogen and oxygen atoms in total. The van der Waals surface area contributed by atoms with Crippen LogP contribution in [0.5, 0.6) is 0 Å². The molecule has 0 heterocycles. The average molecular weight is 180 g/mol. The predicted molar refractivity (Wildman–Crippen MR) is 40.1 cm³/mol. The summed E-state index contributed by atoms with van der Waals surface area (Å²) in [5, 5.41) is 0. The van der Waals surface area contributed by atoms with Crippen molar-refractivity contribution in [2.75, 3.05) is 0 Å². The Kier molecular flexibility index (Phi) is 13.8. The Bertz CT molecular complexity index is 96.5. The van der Waals surface area contributed by atoms with Gasteiger partial charge >= 0.3 is 26.7 Å². The van der Waals surface area contributed by atoms with E-state index >= 15 is 0 Å². The molecule has 0 amide bonds. The zero-order valence-electron chi connectivity index (χ0n) is 7.77. The molecule has 0 aromatic carbocycles. The van der Waals surface area contributed by atoms with Crippen molar-refractivity contribution in [2.24, 2.45) is 0 Å². The largest absolute Gasteiger partial charge is 1.00 e. The zero-order chi connectivity index (χ0) is 8.08. The number of phosphoric acid groups is 1. The van der Waals surface area contributed by atoms with Crippen LogP contribution in [0, 0.1) is 0 Å². The van der Waals surface area contributed by atoms with Crippen LogP contribution in [-0.2, 0) is 4.57 Å². The molecule has 0 aromatic rings. The fourth-order valence-electron chi connectivity index (χ4n) is 0. The maximum Gasteiger partial charge on any atom is 1.00 e. The van der Waals surface area contributed by atoms with Crippen LogP contribution in [0.25, 0.3) is 0 Å². The topological polar surface area (TPSA) is 77.8 Å². The first-order valence-corrected chi connectivity index (χ1v) is 7.54. The summed E-state index contributed by atoms with van der Waals surface area (Å²) in [6.45, 7) is 6.92. The summed E-state index contributed by atoms with van der Waals surface area (Å²) in [6.07, 6.45) is 0. The first-order chi connectivity index (χ1) is 3.73. The normalized spacial score (nSPS) is 9.50.